The molecule has 22 heavy (non-hydrogen) atoms. The first kappa shape index (κ1) is 16.7. The number of benzene rings is 3. The van der Waals surface area contributed by atoms with E-state index in [-0.39, 0.29) is 31.1 Å². The van der Waals surface area contributed by atoms with E-state index >= 15 is 0 Å². The van der Waals surface area contributed by atoms with Crippen LogP contribution < -0.4 is 4.58 Å². The largest absolute Gasteiger partial charge is 0.211 e. The van der Waals surface area contributed by atoms with Crippen molar-refractivity contribution in [2.75, 3.05) is 0 Å². The van der Waals surface area contributed by atoms with Crippen molar-refractivity contribution in [1.82, 2.24) is 4.58 Å². The van der Waals surface area contributed by atoms with Gasteiger partial charge in [0.1, 0.15) is 0 Å². The molecule has 0 spiro atoms. The Balaban J connectivity index is 0.00000176. The molecular weight excluding hydrogens is 492 g/mol. The van der Waals surface area contributed by atoms with Gasteiger partial charge in [0.15, 0.2) is 6.21 Å². The molecule has 106 valence electrons. The molecule has 0 atom stereocenters. The zero-order valence-electron chi connectivity index (χ0n) is 12.6. The monoisotopic (exact) mass is 510 g/mol. The molecule has 0 N–H and O–H groups in total. The molecule has 0 aliphatic rings. The van der Waals surface area contributed by atoms with Crippen molar-refractivity contribution in [1.29, 1.82) is 0 Å². The van der Waals surface area contributed by atoms with Gasteiger partial charge in [-0.3, -0.25) is 0 Å². The van der Waals surface area contributed by atoms with Gasteiger partial charge in [0.05, 0.1) is 0 Å². The molecule has 0 unspecified atom stereocenters. The van der Waals surface area contributed by atoms with Gasteiger partial charge in [0.2, 0.25) is 11.4 Å². The van der Waals surface area contributed by atoms with Gasteiger partial charge in [-0.1, -0.05) is 54.1 Å². The molecule has 0 amide bonds. The summed E-state index contributed by atoms with van der Waals surface area (Å²) in [7, 11) is 0. The minimum atomic E-state index is 0. The first-order chi connectivity index (χ1) is 10.3. The Morgan fingerprint density at radius 2 is 1.09 bits per heavy atom. The number of hydrogen-bond acceptors (Lipinski definition) is 0. The summed E-state index contributed by atoms with van der Waals surface area (Å²) in [5.41, 5.74) is 4.78. The van der Waals surface area contributed by atoms with E-state index in [0.29, 0.717) is 0 Å². The van der Waals surface area contributed by atoms with Crippen molar-refractivity contribution >= 4 is 17.6 Å². The van der Waals surface area contributed by atoms with Crippen LogP contribution >= 0.6 is 0 Å². The topological polar surface area (TPSA) is 3.01 Å². The van der Waals surface area contributed by atoms with Crippen LogP contribution in [0.1, 0.15) is 11.1 Å². The summed E-state index contributed by atoms with van der Waals surface area (Å²) >= 11 is 0. The molecule has 0 saturated heterocycles. The van der Waals surface area contributed by atoms with Crippen LogP contribution in [-0.4, -0.2) is 6.21 Å². The average Bonchev–Trinajstić information content (AvgIpc) is 2.56. The maximum Gasteiger partial charge on any atom is 0.211 e. The van der Waals surface area contributed by atoms with E-state index in [1.807, 2.05) is 12.1 Å². The van der Waals surface area contributed by atoms with Crippen LogP contribution in [0.3, 0.4) is 0 Å². The zero-order valence-corrected chi connectivity index (χ0v) is 16.8. The van der Waals surface area contributed by atoms with E-state index in [0.717, 1.165) is 11.4 Å². The fourth-order valence-corrected chi connectivity index (χ4v) is 2.28. The van der Waals surface area contributed by atoms with E-state index in [1.165, 1.54) is 11.1 Å². The molecule has 0 fully saturated rings. The van der Waals surface area contributed by atoms with Gasteiger partial charge in [0, 0.05) is 60.9 Å². The molecule has 0 aromatic heterocycles. The van der Waals surface area contributed by atoms with E-state index in [9.17, 15) is 0 Å². The van der Waals surface area contributed by atoms with Gasteiger partial charge in [-0.05, 0) is 19.1 Å². The summed E-state index contributed by atoms with van der Waals surface area (Å²) in [6.45, 7) is 2.11. The first-order valence-electron chi connectivity index (χ1n) is 7.14. The third-order valence-corrected chi connectivity index (χ3v) is 3.42. The van der Waals surface area contributed by atoms with Crippen molar-refractivity contribution < 1.29 is 31.1 Å². The standard InChI is InChI=1S/C20H18N.U/c1-17-12-14-18(15-13-17)16-21(19-8-4-2-5-9-19)20-10-6-3-7-11-20;/h2-16H,1H3;/q+1;. The Bertz CT molecular complexity index is 690. The Kier molecular flexibility index (Phi) is 6.19. The van der Waals surface area contributed by atoms with Crippen LogP contribution in [0.15, 0.2) is 84.9 Å². The normalized spacial score (nSPS) is 9.68. The Hall–Kier alpha value is -1.62. The molecule has 0 bridgehead atoms. The van der Waals surface area contributed by atoms with Crippen LogP contribution in [0.25, 0.3) is 0 Å². The third kappa shape index (κ3) is 4.20. The van der Waals surface area contributed by atoms with E-state index in [4.69, 9.17) is 0 Å². The van der Waals surface area contributed by atoms with Gasteiger partial charge >= 0.3 is 0 Å². The van der Waals surface area contributed by atoms with Crippen molar-refractivity contribution in [3.8, 4) is 0 Å². The van der Waals surface area contributed by atoms with Crippen LogP contribution in [-0.2, 0) is 0 Å². The molecule has 3 aromatic carbocycles. The van der Waals surface area contributed by atoms with Crippen molar-refractivity contribution in [2.24, 2.45) is 0 Å². The molecule has 3 rings (SSSR count). The van der Waals surface area contributed by atoms with Crippen molar-refractivity contribution in [2.45, 2.75) is 6.92 Å². The van der Waals surface area contributed by atoms with Crippen LogP contribution in [0.2, 0.25) is 0 Å². The fraction of sp³-hybridized carbons (Fsp3) is 0.0500. The van der Waals surface area contributed by atoms with Gasteiger partial charge in [-0.25, -0.2) is 0 Å². The molecule has 1 nitrogen and oxygen atoms in total. The first-order valence-corrected chi connectivity index (χ1v) is 7.14. The molecule has 0 radical (unpaired) electrons. The summed E-state index contributed by atoms with van der Waals surface area (Å²) in [5, 5.41) is 0. The van der Waals surface area contributed by atoms with Crippen LogP contribution in [0, 0.1) is 38.0 Å². The molecular formula is C20H18NU+. The van der Waals surface area contributed by atoms with Gasteiger partial charge in [-0.15, -0.1) is 0 Å². The predicted octanol–water partition coefficient (Wildman–Crippen LogP) is 4.95. The van der Waals surface area contributed by atoms with Crippen LogP contribution in [0.4, 0.5) is 11.4 Å². The summed E-state index contributed by atoms with van der Waals surface area (Å²) in [5.74, 6) is 0. The maximum absolute atomic E-state index is 2.21. The minimum Gasteiger partial charge on any atom is -0.160 e. The molecule has 3 aromatic rings. The molecule has 0 heterocycles. The molecule has 0 aliphatic heterocycles. The van der Waals surface area contributed by atoms with Gasteiger partial charge in [-0.2, -0.15) is 4.58 Å². The third-order valence-electron chi connectivity index (χ3n) is 3.42. The number of para-hydroxylation sites is 2. The Labute approximate surface area is 155 Å². The fourth-order valence-electron chi connectivity index (χ4n) is 2.28. The second-order valence-corrected chi connectivity index (χ2v) is 5.08. The van der Waals surface area contributed by atoms with Crippen LogP contribution in [0.5, 0.6) is 0 Å². The molecule has 0 aliphatic carbocycles. The Morgan fingerprint density at radius 3 is 1.55 bits per heavy atom. The minimum absolute atomic E-state index is 0. The number of rotatable bonds is 3. The van der Waals surface area contributed by atoms with Crippen molar-refractivity contribution in [3.63, 3.8) is 0 Å². The smallest absolute Gasteiger partial charge is 0.160 e. The van der Waals surface area contributed by atoms with Gasteiger partial charge in [0.25, 0.3) is 0 Å². The number of aryl methyl sites for hydroxylation is 1. The number of hydrogen-bond donors (Lipinski definition) is 0. The summed E-state index contributed by atoms with van der Waals surface area (Å²) in [6, 6.07) is 29.4. The van der Waals surface area contributed by atoms with Gasteiger partial charge < -0.3 is 0 Å². The predicted molar refractivity (Wildman–Crippen MR) is 90.7 cm³/mol. The zero-order chi connectivity index (χ0) is 14.5. The second kappa shape index (κ2) is 8.13. The van der Waals surface area contributed by atoms with Crippen molar-refractivity contribution in [3.05, 3.63) is 96.1 Å². The second-order valence-electron chi connectivity index (χ2n) is 5.08. The quantitative estimate of drug-likeness (QED) is 0.347. The SMILES string of the molecule is Cc1ccc(C=[N+](c2ccccc2)c2ccccc2)cc1.[U]. The number of nitrogens with zero attached hydrogens (tertiary/aromatic N) is 1. The Morgan fingerprint density at radius 1 is 0.636 bits per heavy atom. The van der Waals surface area contributed by atoms with E-state index < -0.39 is 0 Å². The average molecular weight is 510 g/mol. The molecule has 2 heteroatoms. The summed E-state index contributed by atoms with van der Waals surface area (Å²) in [6.07, 6.45) is 2.17. The van der Waals surface area contributed by atoms with E-state index in [2.05, 4.69) is 90.5 Å². The maximum atomic E-state index is 2.21. The summed E-state index contributed by atoms with van der Waals surface area (Å²) < 4.78 is 2.21. The summed E-state index contributed by atoms with van der Waals surface area (Å²) in [4.78, 5) is 0. The van der Waals surface area contributed by atoms with E-state index in [1.54, 1.807) is 0 Å². The molecule has 0 saturated carbocycles.